The minimum Gasteiger partial charge on any atom is -0.478 e. The molecule has 0 saturated heterocycles. The molecule has 0 atom stereocenters. The molecule has 2 heterocycles. The maximum Gasteiger partial charge on any atom is 0.433 e. The van der Waals surface area contributed by atoms with Gasteiger partial charge >= 0.3 is 24.3 Å². The van der Waals surface area contributed by atoms with Gasteiger partial charge in [-0.05, 0) is 31.2 Å². The maximum atomic E-state index is 12.8. The van der Waals surface area contributed by atoms with Gasteiger partial charge in [-0.25, -0.2) is 19.6 Å². The van der Waals surface area contributed by atoms with Crippen molar-refractivity contribution in [3.05, 3.63) is 82.8 Å². The zero-order valence-electron chi connectivity index (χ0n) is 18.3. The molecule has 0 aliphatic carbocycles. The molecule has 3 aromatic rings. The average Bonchev–Trinajstić information content (AvgIpc) is 2.83. The molecule has 0 saturated carbocycles. The molecule has 13 heteroatoms. The Balaban J connectivity index is 0.000000269. The van der Waals surface area contributed by atoms with E-state index in [0.717, 1.165) is 18.2 Å². The van der Waals surface area contributed by atoms with E-state index in [9.17, 15) is 35.9 Å². The molecule has 1 N–H and O–H groups in total. The number of nitrogens with zero attached hydrogens (tertiary/aromatic N) is 2. The molecular formula is C23H17ClF6N2O4. The summed E-state index contributed by atoms with van der Waals surface area (Å²) in [4.78, 5) is 29.2. The summed E-state index contributed by atoms with van der Waals surface area (Å²) in [6.45, 7) is 1.76. The van der Waals surface area contributed by atoms with Gasteiger partial charge in [-0.1, -0.05) is 30.3 Å². The first kappa shape index (κ1) is 28.6. The summed E-state index contributed by atoms with van der Waals surface area (Å²) in [5.41, 5.74) is -2.42. The topological polar surface area (TPSA) is 89.4 Å². The van der Waals surface area contributed by atoms with E-state index in [1.165, 1.54) is 0 Å². The Morgan fingerprint density at radius 2 is 1.39 bits per heavy atom. The van der Waals surface area contributed by atoms with Gasteiger partial charge in [-0.15, -0.1) is 11.6 Å². The molecule has 1 aromatic carbocycles. The van der Waals surface area contributed by atoms with Crippen molar-refractivity contribution in [3.8, 4) is 11.3 Å². The highest BCUT2D eigenvalue weighted by Crippen LogP contribution is 2.31. The predicted molar refractivity (Wildman–Crippen MR) is 116 cm³/mol. The van der Waals surface area contributed by atoms with Crippen LogP contribution in [0.2, 0.25) is 0 Å². The lowest BCUT2D eigenvalue weighted by atomic mass is 10.1. The normalized spacial score (nSPS) is 11.3. The Hall–Kier alpha value is -3.67. The smallest absolute Gasteiger partial charge is 0.433 e. The molecule has 0 aliphatic heterocycles. The van der Waals surface area contributed by atoms with Crippen molar-refractivity contribution in [2.75, 3.05) is 6.61 Å². The summed E-state index contributed by atoms with van der Waals surface area (Å²) in [6.07, 6.45) is -9.17. The number of hydrogen-bond acceptors (Lipinski definition) is 5. The number of alkyl halides is 7. The SMILES string of the molecule is CCOC(=O)c1ccc(C(F)(F)F)nc1-c1ccccc1.O=C(O)c1ccc(C(F)(F)F)nc1CCl. The van der Waals surface area contributed by atoms with Crippen LogP contribution >= 0.6 is 11.6 Å². The van der Waals surface area contributed by atoms with Crippen molar-refractivity contribution in [2.45, 2.75) is 25.2 Å². The summed E-state index contributed by atoms with van der Waals surface area (Å²) in [5, 5.41) is 8.61. The minimum absolute atomic E-state index is 0.0102. The third kappa shape index (κ3) is 7.41. The van der Waals surface area contributed by atoms with Crippen molar-refractivity contribution in [1.82, 2.24) is 9.97 Å². The number of carboxylic acid groups (broad SMARTS) is 1. The number of rotatable bonds is 5. The molecule has 3 rings (SSSR count). The third-order valence-corrected chi connectivity index (χ3v) is 4.60. The number of aromatic carboxylic acids is 1. The van der Waals surface area contributed by atoms with Gasteiger partial charge in [0.1, 0.15) is 11.4 Å². The van der Waals surface area contributed by atoms with Gasteiger partial charge < -0.3 is 9.84 Å². The van der Waals surface area contributed by atoms with Crippen LogP contribution in [0.4, 0.5) is 26.3 Å². The number of carbonyl (C=O) groups is 2. The lowest BCUT2D eigenvalue weighted by molar-refractivity contribution is -0.142. The van der Waals surface area contributed by atoms with Crippen molar-refractivity contribution in [2.24, 2.45) is 0 Å². The van der Waals surface area contributed by atoms with Crippen molar-refractivity contribution in [1.29, 1.82) is 0 Å². The second kappa shape index (κ2) is 11.8. The van der Waals surface area contributed by atoms with E-state index in [4.69, 9.17) is 21.4 Å². The first-order valence-electron chi connectivity index (χ1n) is 9.96. The highest BCUT2D eigenvalue weighted by Gasteiger charge is 2.34. The van der Waals surface area contributed by atoms with Crippen LogP contribution in [0.15, 0.2) is 54.6 Å². The Bertz CT molecular complexity index is 1220. The highest BCUT2D eigenvalue weighted by atomic mass is 35.5. The Morgan fingerprint density at radius 3 is 1.86 bits per heavy atom. The lowest BCUT2D eigenvalue weighted by Gasteiger charge is -2.12. The molecule has 2 aromatic heterocycles. The minimum atomic E-state index is -4.60. The standard InChI is InChI=1S/C15H12F3NO2.C8H5ClF3NO2/c1-2-21-14(20)11-8-9-12(15(16,17)18)19-13(11)10-6-4-3-5-7-10;9-3-5-4(7(14)15)1-2-6(13-5)8(10,11)12/h3-9H,2H2,1H3;1-2H,3H2,(H,14,15). The Kier molecular flexibility index (Phi) is 9.40. The number of esters is 1. The van der Waals surface area contributed by atoms with Crippen LogP contribution in [0.5, 0.6) is 0 Å². The predicted octanol–water partition coefficient (Wildman–Crippen LogP) is 6.48. The highest BCUT2D eigenvalue weighted by molar-refractivity contribution is 6.17. The molecule has 0 radical (unpaired) electrons. The maximum absolute atomic E-state index is 12.8. The molecule has 0 amide bonds. The quantitative estimate of drug-likeness (QED) is 0.229. The van der Waals surface area contributed by atoms with Crippen LogP contribution in [0.1, 0.15) is 44.7 Å². The average molecular weight is 535 g/mol. The number of halogens is 7. The van der Waals surface area contributed by atoms with Crippen LogP contribution < -0.4 is 0 Å². The summed E-state index contributed by atoms with van der Waals surface area (Å²) >= 11 is 5.31. The van der Waals surface area contributed by atoms with Gasteiger partial charge in [0.15, 0.2) is 0 Å². The van der Waals surface area contributed by atoms with Gasteiger partial charge in [0.25, 0.3) is 0 Å². The second-order valence-corrected chi connectivity index (χ2v) is 7.07. The van der Waals surface area contributed by atoms with E-state index in [0.29, 0.717) is 11.6 Å². The summed E-state index contributed by atoms with van der Waals surface area (Å²) in [6, 6.07) is 11.5. The van der Waals surface area contributed by atoms with Crippen LogP contribution in [0.25, 0.3) is 11.3 Å². The lowest BCUT2D eigenvalue weighted by Crippen LogP contribution is -2.13. The summed E-state index contributed by atoms with van der Waals surface area (Å²) < 4.78 is 79.8. The van der Waals surface area contributed by atoms with Gasteiger partial charge in [-0.3, -0.25) is 0 Å². The molecule has 0 bridgehead atoms. The van der Waals surface area contributed by atoms with Crippen LogP contribution in [-0.4, -0.2) is 33.6 Å². The first-order valence-corrected chi connectivity index (χ1v) is 10.5. The Labute approximate surface area is 205 Å². The number of hydrogen-bond donors (Lipinski definition) is 1. The number of aromatic nitrogens is 2. The number of carbonyl (C=O) groups excluding carboxylic acids is 1. The summed E-state index contributed by atoms with van der Waals surface area (Å²) in [7, 11) is 0. The molecule has 0 fully saturated rings. The molecular weight excluding hydrogens is 518 g/mol. The van der Waals surface area contributed by atoms with Gasteiger partial charge in [-0.2, -0.15) is 26.3 Å². The molecule has 192 valence electrons. The zero-order chi connectivity index (χ0) is 27.1. The molecule has 0 unspecified atom stereocenters. The fourth-order valence-corrected chi connectivity index (χ4v) is 2.97. The van der Waals surface area contributed by atoms with Gasteiger partial charge in [0, 0.05) is 5.56 Å². The van der Waals surface area contributed by atoms with Crippen LogP contribution in [-0.2, 0) is 23.0 Å². The second-order valence-electron chi connectivity index (χ2n) is 6.80. The zero-order valence-corrected chi connectivity index (χ0v) is 19.1. The molecule has 36 heavy (non-hydrogen) atoms. The third-order valence-electron chi connectivity index (χ3n) is 4.35. The largest absolute Gasteiger partial charge is 0.478 e. The van der Waals surface area contributed by atoms with E-state index in [1.54, 1.807) is 37.3 Å². The van der Waals surface area contributed by atoms with E-state index in [1.807, 2.05) is 0 Å². The van der Waals surface area contributed by atoms with Gasteiger partial charge in [0.05, 0.1) is 35.0 Å². The number of benzene rings is 1. The van der Waals surface area contributed by atoms with E-state index in [2.05, 4.69) is 9.97 Å². The number of carboxylic acids is 1. The summed E-state index contributed by atoms with van der Waals surface area (Å²) in [5.74, 6) is -2.43. The van der Waals surface area contributed by atoms with Crippen molar-refractivity contribution in [3.63, 3.8) is 0 Å². The first-order chi connectivity index (χ1) is 16.8. The van der Waals surface area contributed by atoms with E-state index >= 15 is 0 Å². The van der Waals surface area contributed by atoms with Crippen molar-refractivity contribution >= 4 is 23.5 Å². The molecule has 6 nitrogen and oxygen atoms in total. The van der Waals surface area contributed by atoms with Crippen molar-refractivity contribution < 1.29 is 45.8 Å². The molecule has 0 aliphatic rings. The van der Waals surface area contributed by atoms with E-state index in [-0.39, 0.29) is 35.0 Å². The van der Waals surface area contributed by atoms with Crippen LogP contribution in [0.3, 0.4) is 0 Å². The monoisotopic (exact) mass is 534 g/mol. The van der Waals surface area contributed by atoms with Crippen LogP contribution in [0, 0.1) is 0 Å². The fraction of sp³-hybridized carbons (Fsp3) is 0.217. The number of pyridine rings is 2. The fourth-order valence-electron chi connectivity index (χ4n) is 2.76. The van der Waals surface area contributed by atoms with E-state index < -0.39 is 35.7 Å². The molecule has 0 spiro atoms. The number of ether oxygens (including phenoxy) is 1. The van der Waals surface area contributed by atoms with Gasteiger partial charge in [0.2, 0.25) is 0 Å². The Morgan fingerprint density at radius 1 is 0.861 bits per heavy atom.